The molecule has 13 heteroatoms. The highest BCUT2D eigenvalue weighted by molar-refractivity contribution is 7.47. The highest BCUT2D eigenvalue weighted by Gasteiger charge is 2.51. The molecule has 1 aliphatic carbocycles. The molecule has 53 heavy (non-hydrogen) atoms. The van der Waals surface area contributed by atoms with E-state index >= 15 is 0 Å². The van der Waals surface area contributed by atoms with E-state index < -0.39 is 63.2 Å². The van der Waals surface area contributed by atoms with Gasteiger partial charge in [-0.05, 0) is 12.8 Å². The van der Waals surface area contributed by atoms with Gasteiger partial charge in [0.25, 0.3) is 0 Å². The third-order valence-electron chi connectivity index (χ3n) is 10.7. The summed E-state index contributed by atoms with van der Waals surface area (Å²) in [7, 11) is -5.04. The van der Waals surface area contributed by atoms with Crippen molar-refractivity contribution in [2.24, 2.45) is 0 Å². The molecule has 0 spiro atoms. The van der Waals surface area contributed by atoms with Crippen LogP contribution < -0.4 is 5.32 Å². The number of phosphoric acid groups is 1. The van der Waals surface area contributed by atoms with Crippen LogP contribution in [-0.2, 0) is 18.4 Å². The van der Waals surface area contributed by atoms with E-state index in [0.717, 1.165) is 38.5 Å². The molecular weight excluding hydrogens is 701 g/mol. The zero-order chi connectivity index (χ0) is 39.3. The third kappa shape index (κ3) is 23.9. The minimum absolute atomic E-state index is 0.242. The zero-order valence-corrected chi connectivity index (χ0v) is 34.2. The molecule has 0 heterocycles. The molecule has 0 aromatic carbocycles. The second-order valence-electron chi connectivity index (χ2n) is 15.6. The quantitative estimate of drug-likeness (QED) is 0.0240. The van der Waals surface area contributed by atoms with Crippen LogP contribution in [0.1, 0.15) is 194 Å². The van der Waals surface area contributed by atoms with E-state index in [4.69, 9.17) is 9.05 Å². The number of carbonyl (C=O) groups is 1. The fraction of sp³-hybridized carbons (Fsp3) is 0.975. The Bertz CT molecular complexity index is 915. The van der Waals surface area contributed by atoms with E-state index in [9.17, 15) is 44.9 Å². The van der Waals surface area contributed by atoms with E-state index in [1.165, 1.54) is 116 Å². The first-order valence-corrected chi connectivity index (χ1v) is 23.0. The molecule has 1 amide bonds. The number of unbranched alkanes of at least 4 members (excludes halogenated alkanes) is 24. The maximum absolute atomic E-state index is 12.9. The Hall–Kier alpha value is -0.660. The van der Waals surface area contributed by atoms with Crippen LogP contribution in [0.25, 0.3) is 0 Å². The van der Waals surface area contributed by atoms with Gasteiger partial charge in [0.1, 0.15) is 36.6 Å². The van der Waals surface area contributed by atoms with Crippen molar-refractivity contribution < 1.29 is 53.9 Å². The third-order valence-corrected chi connectivity index (χ3v) is 11.7. The van der Waals surface area contributed by atoms with Crippen molar-refractivity contribution in [3.8, 4) is 0 Å². The summed E-state index contributed by atoms with van der Waals surface area (Å²) in [4.78, 5) is 23.3. The minimum Gasteiger partial charge on any atom is -0.391 e. The number of rotatable bonds is 35. The molecule has 0 radical (unpaired) electrons. The summed E-state index contributed by atoms with van der Waals surface area (Å²) in [5.41, 5.74) is 0. The first kappa shape index (κ1) is 50.4. The van der Waals surface area contributed by atoms with E-state index in [2.05, 4.69) is 19.2 Å². The van der Waals surface area contributed by atoms with Crippen molar-refractivity contribution in [2.45, 2.75) is 242 Å². The minimum atomic E-state index is -5.04. The van der Waals surface area contributed by atoms with E-state index in [1.54, 1.807) is 0 Å². The number of nitrogens with one attached hydrogen (secondary N) is 1. The molecule has 1 saturated carbocycles. The predicted molar refractivity (Wildman–Crippen MR) is 209 cm³/mol. The summed E-state index contributed by atoms with van der Waals surface area (Å²) < 4.78 is 22.9. The zero-order valence-electron chi connectivity index (χ0n) is 33.3. The average molecular weight is 782 g/mol. The Morgan fingerprint density at radius 2 is 0.906 bits per heavy atom. The van der Waals surface area contributed by atoms with Crippen LogP contribution in [0.2, 0.25) is 0 Å². The molecule has 0 aliphatic heterocycles. The number of aliphatic hydroxyl groups excluding tert-OH is 6. The maximum atomic E-state index is 12.9. The smallest absolute Gasteiger partial charge is 0.391 e. The second-order valence-corrected chi connectivity index (χ2v) is 17.0. The first-order chi connectivity index (χ1) is 25.4. The fourth-order valence-corrected chi connectivity index (χ4v) is 8.05. The van der Waals surface area contributed by atoms with Crippen LogP contribution in [0, 0.1) is 0 Å². The second kappa shape index (κ2) is 31.4. The van der Waals surface area contributed by atoms with Crippen LogP contribution in [0.5, 0.6) is 0 Å². The van der Waals surface area contributed by atoms with Gasteiger partial charge >= 0.3 is 7.82 Å². The van der Waals surface area contributed by atoms with E-state index in [-0.39, 0.29) is 12.3 Å². The molecular formula is C40H80NO11P. The number of aliphatic hydroxyl groups is 6. The van der Waals surface area contributed by atoms with Crippen molar-refractivity contribution in [1.82, 2.24) is 5.32 Å². The lowest BCUT2D eigenvalue weighted by atomic mass is 9.85. The van der Waals surface area contributed by atoms with Gasteiger partial charge in [0.15, 0.2) is 0 Å². The molecule has 0 saturated heterocycles. The summed E-state index contributed by atoms with van der Waals surface area (Å²) in [6.45, 7) is 3.87. The van der Waals surface area contributed by atoms with Crippen LogP contribution >= 0.6 is 7.82 Å². The van der Waals surface area contributed by atoms with Gasteiger partial charge in [-0.3, -0.25) is 13.8 Å². The Kier molecular flexibility index (Phi) is 29.9. The van der Waals surface area contributed by atoms with Crippen molar-refractivity contribution in [2.75, 3.05) is 6.61 Å². The molecule has 0 aromatic heterocycles. The standard InChI is InChI=1S/C40H80NO11P/c1-3-5-7-9-11-13-15-17-18-20-22-24-26-28-30-34(43)41-32(33(42)29-27-25-23-21-19-16-14-12-10-8-6-4-2)31-51-53(49,50)52-40-38(47)36(45)35(44)37(46)39(40)48/h32-33,35-40,42,44-48H,3-31H2,1-2H3,(H,41,43)(H,49,50)/t32-,33+,35?,36+,37?,38?,39?,40?/m0/s1. The molecule has 8 N–H and O–H groups in total. The van der Waals surface area contributed by atoms with Crippen molar-refractivity contribution >= 4 is 13.7 Å². The van der Waals surface area contributed by atoms with Crippen molar-refractivity contribution in [1.29, 1.82) is 0 Å². The topological polar surface area (TPSA) is 206 Å². The number of carbonyl (C=O) groups excluding carboxylic acids is 1. The molecule has 1 fully saturated rings. The fourth-order valence-electron chi connectivity index (χ4n) is 7.08. The lowest BCUT2D eigenvalue weighted by molar-refractivity contribution is -0.220. The van der Waals surface area contributed by atoms with Gasteiger partial charge in [-0.15, -0.1) is 0 Å². The van der Waals surface area contributed by atoms with Gasteiger partial charge in [-0.1, -0.05) is 174 Å². The summed E-state index contributed by atoms with van der Waals surface area (Å²) in [5, 5.41) is 63.9. The molecule has 0 bridgehead atoms. The highest BCUT2D eigenvalue weighted by atomic mass is 31.2. The summed E-state index contributed by atoms with van der Waals surface area (Å²) in [6.07, 6.45) is 18.5. The number of hydrogen-bond acceptors (Lipinski definition) is 10. The Labute approximate surface area is 321 Å². The Morgan fingerprint density at radius 1 is 0.566 bits per heavy atom. The average Bonchev–Trinajstić information content (AvgIpc) is 3.13. The van der Waals surface area contributed by atoms with Gasteiger partial charge in [0.05, 0.1) is 18.8 Å². The molecule has 9 atom stereocenters. The van der Waals surface area contributed by atoms with E-state index in [1.807, 2.05) is 0 Å². The molecule has 6 unspecified atom stereocenters. The molecule has 0 aromatic rings. The van der Waals surface area contributed by atoms with Crippen LogP contribution in [-0.4, -0.2) is 96.8 Å². The normalized spacial score (nSPS) is 24.2. The highest BCUT2D eigenvalue weighted by Crippen LogP contribution is 2.47. The predicted octanol–water partition coefficient (Wildman–Crippen LogP) is 7.12. The Balaban J connectivity index is 2.51. The van der Waals surface area contributed by atoms with Gasteiger partial charge in [0.2, 0.25) is 5.91 Å². The first-order valence-electron chi connectivity index (χ1n) is 21.5. The maximum Gasteiger partial charge on any atom is 0.472 e. The van der Waals surface area contributed by atoms with E-state index in [0.29, 0.717) is 19.3 Å². The molecule has 316 valence electrons. The van der Waals surface area contributed by atoms with Crippen LogP contribution in [0.4, 0.5) is 0 Å². The summed E-state index contributed by atoms with van der Waals surface area (Å²) in [5.74, 6) is -0.307. The number of amides is 1. The van der Waals surface area contributed by atoms with Gasteiger partial charge in [0, 0.05) is 6.42 Å². The van der Waals surface area contributed by atoms with Crippen molar-refractivity contribution in [3.05, 3.63) is 0 Å². The number of phosphoric ester groups is 1. The summed E-state index contributed by atoms with van der Waals surface area (Å²) >= 11 is 0. The van der Waals surface area contributed by atoms with Crippen molar-refractivity contribution in [3.63, 3.8) is 0 Å². The molecule has 1 aliphatic rings. The lowest BCUT2D eigenvalue weighted by Gasteiger charge is -2.41. The van der Waals surface area contributed by atoms with Gasteiger partial charge in [-0.2, -0.15) is 0 Å². The van der Waals surface area contributed by atoms with Gasteiger partial charge in [-0.25, -0.2) is 4.57 Å². The largest absolute Gasteiger partial charge is 0.472 e. The molecule has 1 rings (SSSR count). The van der Waals surface area contributed by atoms with Crippen LogP contribution in [0.15, 0.2) is 0 Å². The Morgan fingerprint density at radius 3 is 1.30 bits per heavy atom. The van der Waals surface area contributed by atoms with Gasteiger partial charge < -0.3 is 40.8 Å². The lowest BCUT2D eigenvalue weighted by Crippen LogP contribution is -2.64. The monoisotopic (exact) mass is 782 g/mol. The van der Waals surface area contributed by atoms with Crippen LogP contribution in [0.3, 0.4) is 0 Å². The summed E-state index contributed by atoms with van der Waals surface area (Å²) in [6, 6.07) is -1.02. The SMILES string of the molecule is CCCCCCCCCCCCCCCCC(=O)N[C@@H](COP(=O)(O)OC1C(O)C(O)C(O)[C@@H](O)C1O)[C@H](O)CCCCCCCCCCCCCC. The molecule has 12 nitrogen and oxygen atoms in total. The number of hydrogen-bond donors (Lipinski definition) is 8.